The highest BCUT2D eigenvalue weighted by Gasteiger charge is 2.38. The lowest BCUT2D eigenvalue weighted by Gasteiger charge is -2.21. The zero-order chi connectivity index (χ0) is 29.4. The Morgan fingerprint density at radius 2 is 1.63 bits per heavy atom. The van der Waals surface area contributed by atoms with Crippen LogP contribution in [0.3, 0.4) is 0 Å². The Kier molecular flexibility index (Phi) is 11.4. The van der Waals surface area contributed by atoms with Crippen molar-refractivity contribution < 1.29 is 23.7 Å². The number of carbonyl (C=O) groups excluding carboxylic acids is 1. The minimum Gasteiger partial charge on any atom is -0.463 e. The average Bonchev–Trinajstić information content (AvgIpc) is 3.43. The van der Waals surface area contributed by atoms with Crippen LogP contribution in [0.1, 0.15) is 52.6 Å². The summed E-state index contributed by atoms with van der Waals surface area (Å²) in [5, 5.41) is 10.5. The van der Waals surface area contributed by atoms with Gasteiger partial charge in [0.2, 0.25) is 0 Å². The van der Waals surface area contributed by atoms with Crippen LogP contribution in [-0.2, 0) is 23.7 Å². The first-order valence-corrected chi connectivity index (χ1v) is 15.0. The highest BCUT2D eigenvalue weighted by atomic mass is 35.5. The molecule has 0 bridgehead atoms. The van der Waals surface area contributed by atoms with Gasteiger partial charge in [0, 0.05) is 27.6 Å². The normalized spacial score (nSPS) is 15.2. The number of halogens is 1. The van der Waals surface area contributed by atoms with E-state index >= 15 is 0 Å². The van der Waals surface area contributed by atoms with Gasteiger partial charge in [-0.2, -0.15) is 0 Å². The molecule has 0 radical (unpaired) electrons. The maximum atomic E-state index is 13.4. The van der Waals surface area contributed by atoms with Crippen molar-refractivity contribution >= 4 is 34.6 Å². The lowest BCUT2D eigenvalue weighted by atomic mass is 9.95. The lowest BCUT2D eigenvalue weighted by molar-refractivity contribution is -0.151. The number of hydrogen-bond acceptors (Lipinski definition) is 10. The lowest BCUT2D eigenvalue weighted by Crippen LogP contribution is -2.26. The van der Waals surface area contributed by atoms with E-state index < -0.39 is 12.0 Å². The van der Waals surface area contributed by atoms with Gasteiger partial charge in [-0.15, -0.1) is 21.5 Å². The van der Waals surface area contributed by atoms with Crippen molar-refractivity contribution in [2.45, 2.75) is 40.2 Å². The van der Waals surface area contributed by atoms with E-state index in [9.17, 15) is 4.79 Å². The van der Waals surface area contributed by atoms with Gasteiger partial charge in [0.1, 0.15) is 23.5 Å². The number of rotatable bonds is 15. The summed E-state index contributed by atoms with van der Waals surface area (Å²) in [5.41, 5.74) is 9.26. The first-order valence-electron chi connectivity index (χ1n) is 13.8. The predicted octanol–water partition coefficient (Wildman–Crippen LogP) is 4.38. The largest absolute Gasteiger partial charge is 0.463 e. The van der Waals surface area contributed by atoms with Crippen LogP contribution in [-0.4, -0.2) is 79.2 Å². The van der Waals surface area contributed by atoms with E-state index in [0.717, 1.165) is 33.2 Å². The smallest absolute Gasteiger partial charge is 0.311 e. The molecule has 3 aromatic rings. The third-order valence-corrected chi connectivity index (χ3v) is 8.35. The fraction of sp³-hybridized carbons (Fsp3) is 0.517. The molecule has 0 spiro atoms. The van der Waals surface area contributed by atoms with Crippen LogP contribution in [0.15, 0.2) is 29.3 Å². The molecule has 0 amide bonds. The highest BCUT2D eigenvalue weighted by molar-refractivity contribution is 7.15. The summed E-state index contributed by atoms with van der Waals surface area (Å²) >= 11 is 7.88. The second-order valence-electron chi connectivity index (χ2n) is 9.64. The molecule has 2 N–H and O–H groups in total. The summed E-state index contributed by atoms with van der Waals surface area (Å²) < 4.78 is 24.0. The molecule has 1 aromatic carbocycles. The van der Waals surface area contributed by atoms with Crippen molar-refractivity contribution in [1.82, 2.24) is 14.8 Å². The van der Waals surface area contributed by atoms with E-state index in [0.29, 0.717) is 56.8 Å². The van der Waals surface area contributed by atoms with Gasteiger partial charge in [-0.05, 0) is 44.9 Å². The number of ether oxygens (including phenoxy) is 4. The Labute approximate surface area is 249 Å². The fourth-order valence-corrected chi connectivity index (χ4v) is 6.02. The number of nitrogens with zero attached hydrogens (tertiary/aromatic N) is 4. The van der Waals surface area contributed by atoms with Gasteiger partial charge in [0.15, 0.2) is 5.82 Å². The minimum absolute atomic E-state index is 0.132. The summed E-state index contributed by atoms with van der Waals surface area (Å²) in [6, 6.07) is 7.04. The molecule has 1 aliphatic rings. The van der Waals surface area contributed by atoms with Crippen LogP contribution in [0.25, 0.3) is 5.00 Å². The molecular weight excluding hydrogens is 566 g/mol. The Hall–Kier alpha value is -2.67. The van der Waals surface area contributed by atoms with Crippen LogP contribution < -0.4 is 5.73 Å². The van der Waals surface area contributed by atoms with E-state index in [1.54, 1.807) is 11.3 Å². The molecule has 2 atom stereocenters. The van der Waals surface area contributed by atoms with E-state index in [4.69, 9.17) is 41.3 Å². The topological polar surface area (TPSA) is 123 Å². The van der Waals surface area contributed by atoms with Crippen LogP contribution >= 0.6 is 22.9 Å². The molecule has 0 saturated carbocycles. The molecule has 2 aromatic heterocycles. The second-order valence-corrected chi connectivity index (χ2v) is 11.3. The first-order chi connectivity index (χ1) is 19.9. The van der Waals surface area contributed by atoms with Crippen LogP contribution in [0.2, 0.25) is 5.02 Å². The monoisotopic (exact) mass is 603 g/mol. The zero-order valence-electron chi connectivity index (χ0n) is 24.0. The summed E-state index contributed by atoms with van der Waals surface area (Å²) in [4.78, 5) is 19.8. The molecule has 1 aliphatic heterocycles. The minimum atomic E-state index is -0.588. The number of aryl methyl sites for hydroxylation is 2. The average molecular weight is 604 g/mol. The quantitative estimate of drug-likeness (QED) is 0.201. The number of thiophene rings is 1. The Balaban J connectivity index is 1.50. The summed E-state index contributed by atoms with van der Waals surface area (Å²) in [7, 11) is 0. The van der Waals surface area contributed by atoms with E-state index in [1.807, 2.05) is 42.7 Å². The van der Waals surface area contributed by atoms with Gasteiger partial charge >= 0.3 is 5.97 Å². The molecule has 12 heteroatoms. The number of nitrogens with two attached hydrogens (primary N) is 1. The molecule has 10 nitrogen and oxygen atoms in total. The number of aliphatic imine (C=N–C) groups is 1. The predicted molar refractivity (Wildman–Crippen MR) is 160 cm³/mol. The third kappa shape index (κ3) is 7.40. The van der Waals surface area contributed by atoms with Crippen molar-refractivity contribution in [2.24, 2.45) is 16.6 Å². The number of fused-ring (bicyclic) bond motifs is 3. The van der Waals surface area contributed by atoms with Gasteiger partial charge in [0.05, 0.1) is 51.3 Å². The van der Waals surface area contributed by atoms with Crippen molar-refractivity contribution in [1.29, 1.82) is 0 Å². The van der Waals surface area contributed by atoms with Crippen LogP contribution in [0, 0.1) is 26.7 Å². The van der Waals surface area contributed by atoms with Crippen molar-refractivity contribution in [3.63, 3.8) is 0 Å². The SMILES string of the molecule is CC[C@@H](C(=O)OCCOCCOCCOCCN)[C@@H]1N=C(c2ccc(Cl)cc2)c2c(sc(C)c2C)-n2c(C)nnc21. The molecule has 41 heavy (non-hydrogen) atoms. The van der Waals surface area contributed by atoms with Crippen molar-refractivity contribution in [2.75, 3.05) is 52.8 Å². The van der Waals surface area contributed by atoms with Gasteiger partial charge in [-0.3, -0.25) is 14.4 Å². The van der Waals surface area contributed by atoms with Crippen molar-refractivity contribution in [3.8, 4) is 5.00 Å². The third-order valence-electron chi connectivity index (χ3n) is 6.91. The van der Waals surface area contributed by atoms with Crippen LogP contribution in [0.4, 0.5) is 0 Å². The summed E-state index contributed by atoms with van der Waals surface area (Å²) in [6.07, 6.45) is 0.513. The molecule has 0 fully saturated rings. The van der Waals surface area contributed by atoms with Gasteiger partial charge in [-0.25, -0.2) is 0 Å². The summed E-state index contributed by atoms with van der Waals surface area (Å²) in [6.45, 7) is 11.3. The van der Waals surface area contributed by atoms with Gasteiger partial charge in [-0.1, -0.05) is 30.7 Å². The Morgan fingerprint density at radius 1 is 1.00 bits per heavy atom. The standard InChI is InChI=1S/C29H38ClN5O5S/c1-5-23(29(36)40-17-16-39-15-14-38-13-12-37-11-10-31)26-27-34-33-20(4)35(27)28-24(18(2)19(3)41-28)25(32-26)21-6-8-22(30)9-7-21/h6-9,23,26H,5,10-17,31H2,1-4H3/t23-,26+/m1/s1. The first kappa shape index (κ1) is 31.3. The zero-order valence-corrected chi connectivity index (χ0v) is 25.6. The van der Waals surface area contributed by atoms with E-state index in [2.05, 4.69) is 24.0 Å². The Morgan fingerprint density at radius 3 is 2.27 bits per heavy atom. The van der Waals surface area contributed by atoms with Crippen LogP contribution in [0.5, 0.6) is 0 Å². The fourth-order valence-electron chi connectivity index (χ4n) is 4.68. The Bertz CT molecular complexity index is 1340. The molecule has 4 rings (SSSR count). The molecular formula is C29H38ClN5O5S. The highest BCUT2D eigenvalue weighted by Crippen LogP contribution is 2.41. The molecule has 0 saturated heterocycles. The van der Waals surface area contributed by atoms with Gasteiger partial charge < -0.3 is 24.7 Å². The molecule has 0 aliphatic carbocycles. The van der Waals surface area contributed by atoms with E-state index in [1.165, 1.54) is 4.88 Å². The molecule has 0 unspecified atom stereocenters. The maximum absolute atomic E-state index is 13.4. The molecule has 3 heterocycles. The number of aromatic nitrogens is 3. The number of hydrogen-bond donors (Lipinski definition) is 1. The number of esters is 1. The van der Waals surface area contributed by atoms with Gasteiger partial charge in [0.25, 0.3) is 0 Å². The second kappa shape index (κ2) is 15.0. The van der Waals surface area contributed by atoms with Crippen molar-refractivity contribution in [3.05, 3.63) is 62.5 Å². The maximum Gasteiger partial charge on any atom is 0.311 e. The number of carbonyl (C=O) groups is 1. The molecule has 222 valence electrons. The number of benzene rings is 1. The summed E-state index contributed by atoms with van der Waals surface area (Å²) in [5.74, 6) is 0.456. The van der Waals surface area contributed by atoms with E-state index in [-0.39, 0.29) is 19.2 Å².